The molecule has 43 heavy (non-hydrogen) atoms. The molecule has 0 unspecified atom stereocenters. The molecule has 224 valence electrons. The average Bonchev–Trinajstić information content (AvgIpc) is 3.61. The highest BCUT2D eigenvalue weighted by Crippen LogP contribution is 2.44. The Morgan fingerprint density at radius 3 is 2.49 bits per heavy atom. The van der Waals surface area contributed by atoms with E-state index in [9.17, 15) is 25.9 Å². The summed E-state index contributed by atoms with van der Waals surface area (Å²) in [5, 5.41) is 4.52. The van der Waals surface area contributed by atoms with E-state index in [0.29, 0.717) is 23.2 Å². The molecule has 3 heterocycles. The van der Waals surface area contributed by atoms with Gasteiger partial charge in [0.2, 0.25) is 11.4 Å². The summed E-state index contributed by atoms with van der Waals surface area (Å²) in [4.78, 5) is 1.89. The van der Waals surface area contributed by atoms with E-state index in [1.165, 1.54) is 16.0 Å². The molecule has 0 aliphatic carbocycles. The maximum Gasteiger partial charge on any atom is 0.268 e. The zero-order chi connectivity index (χ0) is 30.4. The lowest BCUT2D eigenvalue weighted by Gasteiger charge is -2.18. The molecule has 0 saturated heterocycles. The van der Waals surface area contributed by atoms with E-state index < -0.39 is 31.7 Å². The quantitative estimate of drug-likeness (QED) is 0.127. The summed E-state index contributed by atoms with van der Waals surface area (Å²) in [5.41, 5.74) is 3.63. The Morgan fingerprint density at radius 2 is 1.70 bits per heavy atom. The molecule has 9 nitrogen and oxygen atoms in total. The number of hydrogen-bond donors (Lipinski definition) is 2. The van der Waals surface area contributed by atoms with E-state index in [4.69, 9.17) is 16.3 Å². The van der Waals surface area contributed by atoms with Crippen LogP contribution < -0.4 is 14.2 Å². The molecule has 0 saturated carbocycles. The first-order valence-corrected chi connectivity index (χ1v) is 18.5. The lowest BCUT2D eigenvalue weighted by atomic mass is 10.0. The van der Waals surface area contributed by atoms with Crippen molar-refractivity contribution in [2.24, 2.45) is 0 Å². The van der Waals surface area contributed by atoms with Gasteiger partial charge in [-0.2, -0.15) is 21.4 Å². The predicted octanol–water partition coefficient (Wildman–Crippen LogP) is 6.48. The van der Waals surface area contributed by atoms with E-state index in [2.05, 4.69) is 17.5 Å². The fourth-order valence-electron chi connectivity index (χ4n) is 5.14. The molecule has 6 rings (SSSR count). The van der Waals surface area contributed by atoms with Crippen LogP contribution in [0.5, 0.6) is 5.75 Å². The van der Waals surface area contributed by atoms with Gasteiger partial charge in [-0.05, 0) is 47.7 Å². The number of ether oxygens (including phenoxy) is 1. The van der Waals surface area contributed by atoms with Crippen LogP contribution in [0.4, 0.5) is 5.69 Å². The van der Waals surface area contributed by atoms with Gasteiger partial charge in [0.1, 0.15) is 4.70 Å². The minimum Gasteiger partial charge on any atom is -0.438 e. The third kappa shape index (κ3) is 6.73. The normalized spacial score (nSPS) is 14.6. The number of thiazole rings is 1. The third-order valence-electron chi connectivity index (χ3n) is 7.03. The van der Waals surface area contributed by atoms with E-state index in [1.54, 1.807) is 23.5 Å². The molecule has 5 aromatic rings. The van der Waals surface area contributed by atoms with Gasteiger partial charge in [0, 0.05) is 39.7 Å². The van der Waals surface area contributed by atoms with Crippen LogP contribution in [0, 0.1) is 0 Å². The highest BCUT2D eigenvalue weighted by molar-refractivity contribution is 7.86. The number of rotatable bonds is 10. The highest BCUT2D eigenvalue weighted by atomic mass is 35.5. The van der Waals surface area contributed by atoms with Crippen LogP contribution in [0.3, 0.4) is 0 Å². The third-order valence-corrected chi connectivity index (χ3v) is 10.9. The number of aryl methyl sites for hydroxylation is 1. The number of fused-ring (bicyclic) bond motifs is 3. The molecule has 2 aromatic heterocycles. The van der Waals surface area contributed by atoms with Crippen molar-refractivity contribution in [1.82, 2.24) is 0 Å². The Kier molecular flexibility index (Phi) is 8.24. The van der Waals surface area contributed by atoms with Crippen molar-refractivity contribution in [3.63, 3.8) is 0 Å². The molecular formula is C29H26ClN2O7S4+. The molecule has 0 bridgehead atoms. The summed E-state index contributed by atoms with van der Waals surface area (Å²) < 4.78 is 74.8. The van der Waals surface area contributed by atoms with Crippen molar-refractivity contribution in [3.05, 3.63) is 82.0 Å². The maximum absolute atomic E-state index is 11.5. The van der Waals surface area contributed by atoms with Crippen molar-refractivity contribution < 1.29 is 35.2 Å². The second kappa shape index (κ2) is 11.8. The first-order chi connectivity index (χ1) is 20.4. The van der Waals surface area contributed by atoms with Gasteiger partial charge in [-0.15, -0.1) is 11.3 Å². The van der Waals surface area contributed by atoms with Gasteiger partial charge in [0.25, 0.3) is 25.2 Å². The molecule has 1 aliphatic heterocycles. The molecule has 2 N–H and O–H groups in total. The monoisotopic (exact) mass is 677 g/mol. The van der Waals surface area contributed by atoms with Gasteiger partial charge in [-0.3, -0.25) is 9.11 Å². The zero-order valence-corrected chi connectivity index (χ0v) is 26.5. The van der Waals surface area contributed by atoms with Crippen LogP contribution in [-0.2, 0) is 26.8 Å². The average molecular weight is 678 g/mol. The minimum atomic E-state index is -4.16. The van der Waals surface area contributed by atoms with Crippen LogP contribution in [0.15, 0.2) is 71.9 Å². The number of nitrogens with zero attached hydrogens (tertiary/aromatic N) is 2. The number of anilines is 1. The van der Waals surface area contributed by atoms with Crippen molar-refractivity contribution in [3.8, 4) is 16.9 Å². The Morgan fingerprint density at radius 1 is 0.930 bits per heavy atom. The second-order valence-electron chi connectivity index (χ2n) is 10.0. The summed E-state index contributed by atoms with van der Waals surface area (Å²) in [6, 6.07) is 19.5. The molecule has 0 fully saturated rings. The standard InChI is InChI=1S/C29H25ClN2O7S4/c30-20-8-10-27-24(16-20)32(12-4-14-43(36,37)38)29(41-27)17-28-31(11-3-13-42(33,34)35)23-15-19(7-9-25(23)39-28)22-18-40-26-6-2-1-5-21(22)26/h1-2,5-10,15-18H,3-4,11-14H2,(H-,33,34,35,36,37,38)/p+1. The Bertz CT molecular complexity index is 2100. The summed E-state index contributed by atoms with van der Waals surface area (Å²) >= 11 is 9.41. The van der Waals surface area contributed by atoms with Crippen LogP contribution in [-0.4, -0.2) is 44.0 Å². The summed E-state index contributed by atoms with van der Waals surface area (Å²) in [6.07, 6.45) is 2.16. The molecule has 0 atom stereocenters. The van der Waals surface area contributed by atoms with Gasteiger partial charge in [0.05, 0.1) is 23.3 Å². The molecule has 0 amide bonds. The van der Waals surface area contributed by atoms with Gasteiger partial charge >= 0.3 is 0 Å². The van der Waals surface area contributed by atoms with Gasteiger partial charge in [0.15, 0.2) is 12.3 Å². The fourth-order valence-corrected chi connectivity index (χ4v) is 8.35. The lowest BCUT2D eigenvalue weighted by Crippen LogP contribution is -2.36. The van der Waals surface area contributed by atoms with E-state index in [1.807, 2.05) is 51.9 Å². The smallest absolute Gasteiger partial charge is 0.268 e. The highest BCUT2D eigenvalue weighted by Gasteiger charge is 2.30. The fraction of sp³-hybridized carbons (Fsp3) is 0.207. The maximum atomic E-state index is 11.5. The first-order valence-electron chi connectivity index (χ1n) is 13.3. The number of thiophene rings is 1. The molecule has 3 aromatic carbocycles. The molecule has 0 spiro atoms. The first kappa shape index (κ1) is 30.0. The van der Waals surface area contributed by atoms with Crippen LogP contribution in [0.25, 0.3) is 37.5 Å². The van der Waals surface area contributed by atoms with Gasteiger partial charge < -0.3 is 9.64 Å². The minimum absolute atomic E-state index is 0.154. The number of aromatic nitrogens is 1. The van der Waals surface area contributed by atoms with Crippen LogP contribution >= 0.6 is 34.3 Å². The van der Waals surface area contributed by atoms with E-state index in [0.717, 1.165) is 37.4 Å². The van der Waals surface area contributed by atoms with Crippen molar-refractivity contribution in [2.45, 2.75) is 19.4 Å². The molecular weight excluding hydrogens is 652 g/mol. The zero-order valence-electron chi connectivity index (χ0n) is 22.5. The Balaban J connectivity index is 1.41. The van der Waals surface area contributed by atoms with Crippen LogP contribution in [0.1, 0.15) is 17.8 Å². The predicted molar refractivity (Wildman–Crippen MR) is 172 cm³/mol. The Hall–Kier alpha value is -3.04. The summed E-state index contributed by atoms with van der Waals surface area (Å²) in [5.74, 6) is 0.262. The van der Waals surface area contributed by atoms with Crippen molar-refractivity contribution in [1.29, 1.82) is 0 Å². The number of benzene rings is 3. The molecule has 0 radical (unpaired) electrons. The van der Waals surface area contributed by atoms with Gasteiger partial charge in [-0.25, -0.2) is 0 Å². The molecule has 1 aliphatic rings. The summed E-state index contributed by atoms with van der Waals surface area (Å²) in [7, 11) is -8.29. The summed E-state index contributed by atoms with van der Waals surface area (Å²) in [6.45, 7) is 0.552. The van der Waals surface area contributed by atoms with E-state index >= 15 is 0 Å². The SMILES string of the molecule is O=S(=O)(O)CCCN1/C(=C/c2sc3ccc(Cl)cc3[n+]2CCCS(=O)(=O)O)Oc2ccc(-c3csc4ccccc34)cc21. The van der Waals surface area contributed by atoms with Gasteiger partial charge in [-0.1, -0.05) is 47.2 Å². The number of halogens is 1. The lowest BCUT2D eigenvalue weighted by molar-refractivity contribution is -0.668. The Labute approximate surface area is 261 Å². The number of hydrogen-bond acceptors (Lipinski definition) is 8. The largest absolute Gasteiger partial charge is 0.438 e. The van der Waals surface area contributed by atoms with Crippen molar-refractivity contribution in [2.75, 3.05) is 23.0 Å². The molecule has 14 heteroatoms. The topological polar surface area (TPSA) is 125 Å². The van der Waals surface area contributed by atoms with E-state index in [-0.39, 0.29) is 19.4 Å². The second-order valence-corrected chi connectivity index (χ2v) is 15.6. The van der Waals surface area contributed by atoms with Crippen molar-refractivity contribution >= 4 is 86.6 Å². The van der Waals surface area contributed by atoms with Crippen LogP contribution in [0.2, 0.25) is 5.02 Å².